The number of sulfone groups is 1. The molecular weight excluding hydrogens is 320 g/mol. The first kappa shape index (κ1) is 15.6. The molecule has 0 radical (unpaired) electrons. The minimum Gasteiger partial charge on any atom is -0.297 e. The molecule has 0 saturated carbocycles. The van der Waals surface area contributed by atoms with Crippen molar-refractivity contribution in [1.82, 2.24) is 20.1 Å². The Hall–Kier alpha value is -1.25. The van der Waals surface area contributed by atoms with E-state index in [2.05, 4.69) is 25.5 Å². The monoisotopic (exact) mass is 340 g/mol. The van der Waals surface area contributed by atoms with Gasteiger partial charge < -0.3 is 0 Å². The predicted octanol–water partition coefficient (Wildman–Crippen LogP) is 1.72. The largest absolute Gasteiger partial charge is 0.297 e. The quantitative estimate of drug-likeness (QED) is 0.897. The first-order chi connectivity index (χ1) is 10.5. The Bertz CT molecular complexity index is 709. The average Bonchev–Trinajstić information content (AvgIpc) is 3.10. The van der Waals surface area contributed by atoms with Crippen LogP contribution in [0.2, 0.25) is 0 Å². The van der Waals surface area contributed by atoms with E-state index in [0.29, 0.717) is 10.8 Å². The number of nitrogens with zero attached hydrogens (tertiary/aromatic N) is 3. The normalized spacial score (nSPS) is 20.3. The maximum Gasteiger partial charge on any atom is 0.178 e. The fraction of sp³-hybridized carbons (Fsp3) is 0.571. The third-order valence-corrected chi connectivity index (χ3v) is 5.83. The molecule has 0 aromatic carbocycles. The molecule has 1 atom stereocenters. The lowest BCUT2D eigenvalue weighted by Gasteiger charge is -2.32. The molecule has 3 rings (SSSR count). The second kappa shape index (κ2) is 6.47. The molecular formula is C14H20N4O2S2. The topological polar surface area (TPSA) is 79.0 Å². The van der Waals surface area contributed by atoms with Crippen LogP contribution in [0.15, 0.2) is 22.0 Å². The van der Waals surface area contributed by atoms with Gasteiger partial charge in [0.25, 0.3) is 0 Å². The molecule has 8 heteroatoms. The molecule has 1 aliphatic rings. The van der Waals surface area contributed by atoms with E-state index in [1.807, 2.05) is 5.51 Å². The maximum absolute atomic E-state index is 11.8. The summed E-state index contributed by atoms with van der Waals surface area (Å²) < 4.78 is 23.5. The molecule has 2 aromatic heterocycles. The number of hydrogen-bond acceptors (Lipinski definition) is 6. The van der Waals surface area contributed by atoms with E-state index in [4.69, 9.17) is 0 Å². The lowest BCUT2D eigenvalue weighted by Crippen LogP contribution is -2.36. The summed E-state index contributed by atoms with van der Waals surface area (Å²) in [6.45, 7) is 2.93. The number of aromatic amines is 1. The summed E-state index contributed by atoms with van der Waals surface area (Å²) in [5, 5.41) is 8.85. The molecule has 22 heavy (non-hydrogen) atoms. The minimum absolute atomic E-state index is 0.337. The molecule has 3 heterocycles. The zero-order valence-electron chi connectivity index (χ0n) is 12.5. The summed E-state index contributed by atoms with van der Waals surface area (Å²) in [4.78, 5) is 7.08. The van der Waals surface area contributed by atoms with Crippen molar-refractivity contribution < 1.29 is 8.42 Å². The molecule has 2 aromatic rings. The van der Waals surface area contributed by atoms with Gasteiger partial charge in [0.05, 0.1) is 23.1 Å². The van der Waals surface area contributed by atoms with Crippen LogP contribution in [0.3, 0.4) is 0 Å². The highest BCUT2D eigenvalue weighted by Gasteiger charge is 2.24. The van der Waals surface area contributed by atoms with Gasteiger partial charge in [0.1, 0.15) is 4.90 Å². The highest BCUT2D eigenvalue weighted by atomic mass is 32.2. The summed E-state index contributed by atoms with van der Waals surface area (Å²) in [5.74, 6) is 0.452. The lowest BCUT2D eigenvalue weighted by molar-refractivity contribution is 0.164. The number of nitrogens with one attached hydrogen (secondary N) is 1. The van der Waals surface area contributed by atoms with Gasteiger partial charge in [0.2, 0.25) is 0 Å². The molecule has 1 aliphatic heterocycles. The fourth-order valence-corrected chi connectivity index (χ4v) is 4.43. The summed E-state index contributed by atoms with van der Waals surface area (Å²) in [6, 6.07) is 0. The molecule has 1 saturated heterocycles. The zero-order chi connectivity index (χ0) is 15.6. The second-order valence-electron chi connectivity index (χ2n) is 5.91. The summed E-state index contributed by atoms with van der Waals surface area (Å²) >= 11 is 1.62. The number of hydrogen-bond donors (Lipinski definition) is 1. The van der Waals surface area contributed by atoms with E-state index in [-0.39, 0.29) is 0 Å². The zero-order valence-corrected chi connectivity index (χ0v) is 14.2. The van der Waals surface area contributed by atoms with E-state index >= 15 is 0 Å². The van der Waals surface area contributed by atoms with Crippen LogP contribution < -0.4 is 0 Å². The van der Waals surface area contributed by atoms with Crippen molar-refractivity contribution in [2.24, 2.45) is 5.92 Å². The Kier molecular flexibility index (Phi) is 4.60. The Morgan fingerprint density at radius 3 is 3.09 bits per heavy atom. The van der Waals surface area contributed by atoms with Crippen LogP contribution in [-0.2, 0) is 22.8 Å². The van der Waals surface area contributed by atoms with Crippen LogP contribution in [0, 0.1) is 5.92 Å². The third kappa shape index (κ3) is 3.74. The van der Waals surface area contributed by atoms with Gasteiger partial charge in [0.15, 0.2) is 9.84 Å². The molecule has 1 N–H and O–H groups in total. The fourth-order valence-electron chi connectivity index (χ4n) is 3.06. The molecule has 0 amide bonds. The summed E-state index contributed by atoms with van der Waals surface area (Å²) in [7, 11) is -3.21. The molecule has 0 spiro atoms. The Morgan fingerprint density at radius 2 is 2.36 bits per heavy atom. The molecule has 120 valence electrons. The van der Waals surface area contributed by atoms with Crippen LogP contribution >= 0.6 is 11.3 Å². The maximum atomic E-state index is 11.8. The number of aromatic nitrogens is 3. The molecule has 1 fully saturated rings. The highest BCUT2D eigenvalue weighted by Crippen LogP contribution is 2.24. The molecule has 0 aliphatic carbocycles. The van der Waals surface area contributed by atoms with Crippen LogP contribution in [0.25, 0.3) is 0 Å². The molecule has 1 unspecified atom stereocenters. The number of likely N-dealkylation sites (tertiary alicyclic amines) is 1. The van der Waals surface area contributed by atoms with E-state index in [1.165, 1.54) is 12.5 Å². The van der Waals surface area contributed by atoms with Crippen LogP contribution in [0.1, 0.15) is 24.2 Å². The third-order valence-electron chi connectivity index (χ3n) is 4.04. The van der Waals surface area contributed by atoms with Gasteiger partial charge in [0, 0.05) is 24.7 Å². The Labute approximate surface area is 134 Å². The number of thiazole rings is 1. The van der Waals surface area contributed by atoms with Gasteiger partial charge in [-0.15, -0.1) is 11.3 Å². The highest BCUT2D eigenvalue weighted by molar-refractivity contribution is 7.90. The van der Waals surface area contributed by atoms with Crippen molar-refractivity contribution in [2.75, 3.05) is 19.3 Å². The molecule has 6 nitrogen and oxygen atoms in total. The minimum atomic E-state index is -3.21. The van der Waals surface area contributed by atoms with Crippen molar-refractivity contribution in [3.63, 3.8) is 0 Å². The van der Waals surface area contributed by atoms with Crippen molar-refractivity contribution in [1.29, 1.82) is 0 Å². The van der Waals surface area contributed by atoms with E-state index in [9.17, 15) is 8.42 Å². The van der Waals surface area contributed by atoms with Gasteiger partial charge in [-0.2, -0.15) is 5.10 Å². The number of rotatable bonds is 5. The van der Waals surface area contributed by atoms with Crippen molar-refractivity contribution >= 4 is 21.2 Å². The van der Waals surface area contributed by atoms with Crippen molar-refractivity contribution in [3.8, 4) is 0 Å². The summed E-state index contributed by atoms with van der Waals surface area (Å²) in [6.07, 6.45) is 5.64. The van der Waals surface area contributed by atoms with Gasteiger partial charge >= 0.3 is 0 Å². The Balaban J connectivity index is 1.64. The van der Waals surface area contributed by atoms with Gasteiger partial charge in [-0.3, -0.25) is 10.00 Å². The lowest BCUT2D eigenvalue weighted by atomic mass is 9.93. The number of piperidine rings is 1. The van der Waals surface area contributed by atoms with Gasteiger partial charge in [-0.05, 0) is 31.7 Å². The van der Waals surface area contributed by atoms with Gasteiger partial charge in [-0.25, -0.2) is 13.4 Å². The van der Waals surface area contributed by atoms with Crippen LogP contribution in [-0.4, -0.2) is 47.8 Å². The van der Waals surface area contributed by atoms with Crippen molar-refractivity contribution in [2.45, 2.75) is 30.7 Å². The first-order valence-corrected chi connectivity index (χ1v) is 10.2. The van der Waals surface area contributed by atoms with Gasteiger partial charge in [-0.1, -0.05) is 0 Å². The molecule has 0 bridgehead atoms. The Morgan fingerprint density at radius 1 is 1.50 bits per heavy atom. The second-order valence-corrected chi connectivity index (χ2v) is 8.62. The van der Waals surface area contributed by atoms with E-state index in [0.717, 1.165) is 50.3 Å². The van der Waals surface area contributed by atoms with E-state index < -0.39 is 9.84 Å². The number of H-pyrrole nitrogens is 1. The van der Waals surface area contributed by atoms with E-state index in [1.54, 1.807) is 11.3 Å². The van der Waals surface area contributed by atoms with Crippen LogP contribution in [0.4, 0.5) is 0 Å². The van der Waals surface area contributed by atoms with Crippen LogP contribution in [0.5, 0.6) is 0 Å². The van der Waals surface area contributed by atoms with Crippen molar-refractivity contribution in [3.05, 3.63) is 28.5 Å². The summed E-state index contributed by atoms with van der Waals surface area (Å²) in [5.41, 5.74) is 3.71. The smallest absolute Gasteiger partial charge is 0.178 e. The first-order valence-electron chi connectivity index (χ1n) is 7.34. The standard InChI is InChI=1S/C14H20N4O2S2/c1-22(19,20)14-6-16-17-13(14)5-11-3-2-4-18(7-11)8-12-9-21-10-15-12/h6,9-11H,2-5,7-8H2,1H3,(H,16,17). The average molecular weight is 340 g/mol. The predicted molar refractivity (Wildman–Crippen MR) is 85.5 cm³/mol. The SMILES string of the molecule is CS(=O)(=O)c1cn[nH]c1CC1CCCN(Cc2cscn2)C1.